The molecule has 0 saturated carbocycles. The number of hydrogen-bond donors (Lipinski definition) is 1. The van der Waals surface area contributed by atoms with Gasteiger partial charge in [0.1, 0.15) is 6.04 Å². The standard InChI is InChI=1S/C18H19N3O2S/c1-10(2)15-9-24-18(19-15)20-16(22)12(4)21-11(3)13-7-5-6-8-14(13)17(21)23/h5-10,12H,3H2,1-2,4H3,(H,19,20,22)/t12-/m1/s1. The van der Waals surface area contributed by atoms with Crippen LogP contribution in [0.3, 0.4) is 0 Å². The van der Waals surface area contributed by atoms with E-state index in [1.54, 1.807) is 19.1 Å². The molecule has 0 radical (unpaired) electrons. The number of benzene rings is 1. The lowest BCUT2D eigenvalue weighted by molar-refractivity contribution is -0.119. The van der Waals surface area contributed by atoms with Gasteiger partial charge < -0.3 is 5.32 Å². The monoisotopic (exact) mass is 341 g/mol. The van der Waals surface area contributed by atoms with E-state index in [4.69, 9.17) is 0 Å². The summed E-state index contributed by atoms with van der Waals surface area (Å²) in [6.07, 6.45) is 0. The van der Waals surface area contributed by atoms with E-state index in [1.165, 1.54) is 16.2 Å². The molecular formula is C18H19N3O2S. The maximum atomic E-state index is 12.6. The van der Waals surface area contributed by atoms with Crippen molar-refractivity contribution < 1.29 is 9.59 Å². The van der Waals surface area contributed by atoms with E-state index in [0.717, 1.165) is 11.3 Å². The molecular weight excluding hydrogens is 322 g/mol. The number of anilines is 1. The lowest BCUT2D eigenvalue weighted by Gasteiger charge is -2.24. The Morgan fingerprint density at radius 3 is 2.50 bits per heavy atom. The molecule has 3 rings (SSSR count). The summed E-state index contributed by atoms with van der Waals surface area (Å²) in [4.78, 5) is 31.0. The topological polar surface area (TPSA) is 62.3 Å². The highest BCUT2D eigenvalue weighted by molar-refractivity contribution is 7.13. The predicted octanol–water partition coefficient (Wildman–Crippen LogP) is 3.72. The SMILES string of the molecule is C=C1c2ccccc2C(=O)N1[C@H](C)C(=O)Nc1nc(C(C)C)cs1. The molecule has 0 saturated heterocycles. The van der Waals surface area contributed by atoms with Crippen molar-refractivity contribution in [1.29, 1.82) is 0 Å². The molecule has 1 N–H and O–H groups in total. The average molecular weight is 341 g/mol. The number of amides is 2. The van der Waals surface area contributed by atoms with E-state index in [0.29, 0.717) is 22.3 Å². The van der Waals surface area contributed by atoms with E-state index in [2.05, 4.69) is 16.9 Å². The fraction of sp³-hybridized carbons (Fsp3) is 0.278. The van der Waals surface area contributed by atoms with Crippen LogP contribution in [0.4, 0.5) is 5.13 Å². The summed E-state index contributed by atoms with van der Waals surface area (Å²) < 4.78 is 0. The molecule has 0 aliphatic carbocycles. The molecule has 1 aromatic carbocycles. The van der Waals surface area contributed by atoms with Crippen molar-refractivity contribution in [3.63, 3.8) is 0 Å². The Kier molecular flexibility index (Phi) is 4.24. The zero-order valence-corrected chi connectivity index (χ0v) is 14.7. The molecule has 1 aliphatic heterocycles. The van der Waals surface area contributed by atoms with Crippen molar-refractivity contribution in [2.24, 2.45) is 0 Å². The first kappa shape index (κ1) is 16.4. The summed E-state index contributed by atoms with van der Waals surface area (Å²) in [7, 11) is 0. The molecule has 124 valence electrons. The molecule has 1 aromatic heterocycles. The Hall–Kier alpha value is -2.47. The molecule has 0 fully saturated rings. The number of hydrogen-bond acceptors (Lipinski definition) is 4. The van der Waals surface area contributed by atoms with Gasteiger partial charge >= 0.3 is 0 Å². The minimum absolute atomic E-state index is 0.194. The Bertz CT molecular complexity index is 790. The Morgan fingerprint density at radius 2 is 1.92 bits per heavy atom. The smallest absolute Gasteiger partial charge is 0.259 e. The zero-order valence-electron chi connectivity index (χ0n) is 13.9. The molecule has 1 atom stereocenters. The molecule has 0 unspecified atom stereocenters. The van der Waals surface area contributed by atoms with Crippen LogP contribution in [0.25, 0.3) is 5.70 Å². The molecule has 1 aliphatic rings. The second-order valence-electron chi connectivity index (χ2n) is 6.06. The van der Waals surface area contributed by atoms with Crippen LogP contribution in [0.5, 0.6) is 0 Å². The number of fused-ring (bicyclic) bond motifs is 1. The summed E-state index contributed by atoms with van der Waals surface area (Å²) in [5, 5.41) is 5.27. The van der Waals surface area contributed by atoms with Crippen LogP contribution in [0.1, 0.15) is 48.3 Å². The zero-order chi connectivity index (χ0) is 17.4. The van der Waals surface area contributed by atoms with Gasteiger partial charge in [-0.05, 0) is 18.9 Å². The summed E-state index contributed by atoms with van der Waals surface area (Å²) in [5.74, 6) is -0.166. The van der Waals surface area contributed by atoms with E-state index < -0.39 is 6.04 Å². The van der Waals surface area contributed by atoms with Gasteiger partial charge in [0.05, 0.1) is 5.69 Å². The second-order valence-corrected chi connectivity index (χ2v) is 6.92. The first-order valence-electron chi connectivity index (χ1n) is 7.78. The lowest BCUT2D eigenvalue weighted by Crippen LogP contribution is -2.41. The summed E-state index contributed by atoms with van der Waals surface area (Å²) >= 11 is 1.39. The molecule has 0 spiro atoms. The average Bonchev–Trinajstić information content (AvgIpc) is 3.12. The number of carbonyl (C=O) groups is 2. The molecule has 2 aromatic rings. The van der Waals surface area contributed by atoms with Crippen LogP contribution in [0.2, 0.25) is 0 Å². The maximum Gasteiger partial charge on any atom is 0.259 e. The van der Waals surface area contributed by atoms with Gasteiger partial charge in [-0.2, -0.15) is 0 Å². The van der Waals surface area contributed by atoms with Crippen molar-refractivity contribution in [2.75, 3.05) is 5.32 Å². The Balaban J connectivity index is 1.77. The van der Waals surface area contributed by atoms with E-state index >= 15 is 0 Å². The number of carbonyl (C=O) groups excluding carboxylic acids is 2. The van der Waals surface area contributed by atoms with Gasteiger partial charge in [0.2, 0.25) is 5.91 Å². The van der Waals surface area contributed by atoms with Gasteiger partial charge in [0.15, 0.2) is 5.13 Å². The van der Waals surface area contributed by atoms with Gasteiger partial charge in [-0.15, -0.1) is 11.3 Å². The number of nitrogens with one attached hydrogen (secondary N) is 1. The molecule has 0 bridgehead atoms. The van der Waals surface area contributed by atoms with E-state index in [9.17, 15) is 9.59 Å². The Morgan fingerprint density at radius 1 is 1.25 bits per heavy atom. The van der Waals surface area contributed by atoms with Crippen molar-refractivity contribution >= 4 is 34.0 Å². The maximum absolute atomic E-state index is 12.6. The highest BCUT2D eigenvalue weighted by atomic mass is 32.1. The van der Waals surface area contributed by atoms with Crippen LogP contribution >= 0.6 is 11.3 Å². The minimum atomic E-state index is -0.663. The first-order chi connectivity index (χ1) is 11.4. The van der Waals surface area contributed by atoms with Gasteiger partial charge in [0, 0.05) is 22.2 Å². The summed E-state index contributed by atoms with van der Waals surface area (Å²) in [6, 6.07) is 6.60. The van der Waals surface area contributed by atoms with E-state index in [-0.39, 0.29) is 11.8 Å². The van der Waals surface area contributed by atoms with Gasteiger partial charge in [-0.25, -0.2) is 4.98 Å². The van der Waals surface area contributed by atoms with Crippen molar-refractivity contribution in [3.05, 3.63) is 53.0 Å². The third kappa shape index (κ3) is 2.73. The number of aromatic nitrogens is 1. The van der Waals surface area contributed by atoms with Gasteiger partial charge in [-0.3, -0.25) is 14.5 Å². The summed E-state index contributed by atoms with van der Waals surface area (Å²) in [5.41, 5.74) is 2.86. The number of thiazole rings is 1. The molecule has 2 amide bonds. The number of nitrogens with zero attached hydrogens (tertiary/aromatic N) is 2. The van der Waals surface area contributed by atoms with Crippen molar-refractivity contribution in [3.8, 4) is 0 Å². The minimum Gasteiger partial charge on any atom is -0.300 e. The fourth-order valence-electron chi connectivity index (χ4n) is 2.65. The Labute approximate surface area is 145 Å². The third-order valence-corrected chi connectivity index (χ3v) is 4.86. The van der Waals surface area contributed by atoms with Gasteiger partial charge in [0.25, 0.3) is 5.91 Å². The molecule has 6 heteroatoms. The molecule has 24 heavy (non-hydrogen) atoms. The van der Waals surface area contributed by atoms with E-state index in [1.807, 2.05) is 31.4 Å². The quantitative estimate of drug-likeness (QED) is 0.922. The predicted molar refractivity (Wildman–Crippen MR) is 95.9 cm³/mol. The summed E-state index contributed by atoms with van der Waals surface area (Å²) in [6.45, 7) is 9.77. The molecule has 2 heterocycles. The second kappa shape index (κ2) is 6.20. The van der Waals surface area contributed by atoms with Crippen molar-refractivity contribution in [2.45, 2.75) is 32.7 Å². The number of rotatable bonds is 4. The van der Waals surface area contributed by atoms with Crippen LogP contribution in [0.15, 0.2) is 36.2 Å². The normalized spacial score (nSPS) is 14.9. The van der Waals surface area contributed by atoms with Gasteiger partial charge in [-0.1, -0.05) is 38.6 Å². The first-order valence-corrected chi connectivity index (χ1v) is 8.66. The third-order valence-electron chi connectivity index (χ3n) is 4.09. The largest absolute Gasteiger partial charge is 0.300 e. The highest BCUT2D eigenvalue weighted by Crippen LogP contribution is 2.33. The van der Waals surface area contributed by atoms with Crippen LogP contribution in [-0.2, 0) is 4.79 Å². The highest BCUT2D eigenvalue weighted by Gasteiger charge is 2.36. The molecule has 5 nitrogen and oxygen atoms in total. The lowest BCUT2D eigenvalue weighted by atomic mass is 10.1. The van der Waals surface area contributed by atoms with Crippen LogP contribution < -0.4 is 5.32 Å². The van der Waals surface area contributed by atoms with Crippen LogP contribution in [0, 0.1) is 0 Å². The van der Waals surface area contributed by atoms with Crippen molar-refractivity contribution in [1.82, 2.24) is 9.88 Å². The van der Waals surface area contributed by atoms with Crippen LogP contribution in [-0.4, -0.2) is 27.7 Å². The fourth-order valence-corrected chi connectivity index (χ4v) is 3.52.